The molecule has 5 aliphatic heterocycles. The van der Waals surface area contributed by atoms with E-state index in [-0.39, 0.29) is 24.4 Å². The number of ether oxygens (including phenoxy) is 10. The van der Waals surface area contributed by atoms with Crippen molar-refractivity contribution in [3.63, 3.8) is 0 Å². The fourth-order valence-electron chi connectivity index (χ4n) is 14.8. The monoisotopic (exact) mass is 1140 g/mol. The van der Waals surface area contributed by atoms with Crippen LogP contribution < -0.4 is 0 Å². The Hall–Kier alpha value is -1.90. The predicted molar refractivity (Wildman–Crippen MR) is 272 cm³/mol. The largest absolute Gasteiger partial charge is 0.465 e. The Balaban J connectivity index is 0.782. The average molecular weight is 1150 g/mol. The molecule has 0 spiro atoms. The summed E-state index contributed by atoms with van der Waals surface area (Å²) in [5.74, 6) is 3.75. The second-order valence-corrected chi connectivity index (χ2v) is 24.8. The van der Waals surface area contributed by atoms with E-state index in [4.69, 9.17) is 51.8 Å². The van der Waals surface area contributed by atoms with E-state index in [9.17, 15) is 66.4 Å². The quantitative estimate of drug-likeness (QED) is 0.0842. The first-order valence-corrected chi connectivity index (χ1v) is 29.0. The van der Waals surface area contributed by atoms with Crippen LogP contribution in [0.4, 0.5) is 0 Å². The normalized spacial score (nSPS) is 50.0. The zero-order chi connectivity index (χ0) is 57.4. The van der Waals surface area contributed by atoms with Crippen LogP contribution in [0.5, 0.6) is 0 Å². The van der Waals surface area contributed by atoms with E-state index in [1.807, 2.05) is 6.92 Å². The van der Waals surface area contributed by atoms with E-state index < -0.39 is 167 Å². The number of hydrogen-bond donors (Lipinski definition) is 13. The molecule has 0 radical (unpaired) electrons. The minimum absolute atomic E-state index is 0.0499. The van der Waals surface area contributed by atoms with Crippen molar-refractivity contribution in [2.75, 3.05) is 19.8 Å². The number of furan rings is 1. The Labute approximate surface area is 465 Å². The number of aliphatic hydroxyl groups excluding tert-OH is 13. The minimum atomic E-state index is -1.78. The lowest BCUT2D eigenvalue weighted by atomic mass is 9.50. The molecule has 0 bridgehead atoms. The van der Waals surface area contributed by atoms with Crippen LogP contribution in [0.25, 0.3) is 0 Å². The summed E-state index contributed by atoms with van der Waals surface area (Å²) < 4.78 is 67.0. The second kappa shape index (κ2) is 24.8. The number of hydrogen-bond acceptors (Lipinski definition) is 24. The maximum atomic E-state index is 12.3. The van der Waals surface area contributed by atoms with Crippen LogP contribution in [0.1, 0.15) is 115 Å². The second-order valence-electron chi connectivity index (χ2n) is 24.8. The summed E-state index contributed by atoms with van der Waals surface area (Å²) in [6.45, 7) is 10.1. The third kappa shape index (κ3) is 11.6. The van der Waals surface area contributed by atoms with Crippen LogP contribution in [0.2, 0.25) is 0 Å². The minimum Gasteiger partial charge on any atom is -0.465 e. The van der Waals surface area contributed by atoms with E-state index >= 15 is 0 Å². The molecular weight excluding hydrogens is 1060 g/mol. The van der Waals surface area contributed by atoms with E-state index in [1.165, 1.54) is 23.6 Å². The molecule has 31 atom stereocenters. The van der Waals surface area contributed by atoms with Crippen LogP contribution >= 0.6 is 0 Å². The van der Waals surface area contributed by atoms with Gasteiger partial charge in [0.2, 0.25) is 0 Å². The smallest absolute Gasteiger partial charge is 0.187 e. The maximum absolute atomic E-state index is 12.3. The van der Waals surface area contributed by atoms with Crippen molar-refractivity contribution in [2.24, 2.45) is 29.1 Å². The molecule has 9 aliphatic rings. The molecular formula is C56H88O24. The van der Waals surface area contributed by atoms with Gasteiger partial charge in [-0.05, 0) is 113 Å². The lowest BCUT2D eigenvalue weighted by molar-refractivity contribution is -0.392. The fraction of sp³-hybridized carbons (Fsp3) is 0.893. The maximum Gasteiger partial charge on any atom is 0.187 e. The van der Waals surface area contributed by atoms with Gasteiger partial charge in [-0.2, -0.15) is 0 Å². The summed E-state index contributed by atoms with van der Waals surface area (Å²) in [7, 11) is 0. The van der Waals surface area contributed by atoms with E-state index in [0.717, 1.165) is 50.0 Å². The van der Waals surface area contributed by atoms with Crippen molar-refractivity contribution in [2.45, 2.75) is 265 Å². The lowest BCUT2D eigenvalue weighted by Gasteiger charge is -2.55. The van der Waals surface area contributed by atoms with Gasteiger partial charge in [-0.1, -0.05) is 25.5 Å². The molecule has 31 unspecified atom stereocenters. The van der Waals surface area contributed by atoms with Gasteiger partial charge in [0.1, 0.15) is 103 Å². The highest BCUT2D eigenvalue weighted by atomic mass is 16.8. The number of rotatable bonds is 16. The average Bonchev–Trinajstić information content (AvgIpc) is 4.08. The lowest BCUT2D eigenvalue weighted by Crippen LogP contribution is -2.67. The summed E-state index contributed by atoms with van der Waals surface area (Å²) in [6.07, 6.45) is -23.9. The summed E-state index contributed by atoms with van der Waals surface area (Å²) in [5, 5.41) is 139. The molecule has 80 heavy (non-hydrogen) atoms. The van der Waals surface area contributed by atoms with E-state index in [0.29, 0.717) is 42.9 Å². The molecule has 24 nitrogen and oxygen atoms in total. The summed E-state index contributed by atoms with van der Waals surface area (Å²) in [6, 6.07) is 0. The van der Waals surface area contributed by atoms with Gasteiger partial charge in [0.15, 0.2) is 31.5 Å². The van der Waals surface area contributed by atoms with Gasteiger partial charge in [0.25, 0.3) is 0 Å². The molecule has 2 saturated carbocycles. The van der Waals surface area contributed by atoms with Crippen molar-refractivity contribution in [1.29, 1.82) is 0 Å². The summed E-state index contributed by atoms with van der Waals surface area (Å²) >= 11 is 0. The van der Waals surface area contributed by atoms with Crippen molar-refractivity contribution in [1.82, 2.24) is 0 Å². The van der Waals surface area contributed by atoms with Gasteiger partial charge in [-0.15, -0.1) is 0 Å². The Bertz CT molecular complexity index is 2240. The predicted octanol–water partition coefficient (Wildman–Crippen LogP) is -1.45. The Morgan fingerprint density at radius 3 is 1.98 bits per heavy atom. The van der Waals surface area contributed by atoms with Crippen LogP contribution in [0, 0.1) is 36.0 Å². The highest BCUT2D eigenvalue weighted by molar-refractivity contribution is 5.42. The first-order valence-electron chi connectivity index (χ1n) is 29.0. The van der Waals surface area contributed by atoms with Crippen LogP contribution in [0.3, 0.4) is 0 Å². The van der Waals surface area contributed by atoms with Gasteiger partial charge in [-0.3, -0.25) is 0 Å². The Morgan fingerprint density at radius 2 is 1.26 bits per heavy atom. The molecule has 7 fully saturated rings. The molecule has 1 aromatic rings. The van der Waals surface area contributed by atoms with Gasteiger partial charge in [0, 0.05) is 24.8 Å². The zero-order valence-corrected chi connectivity index (χ0v) is 46.4. The highest BCUT2D eigenvalue weighted by Gasteiger charge is 2.58. The highest BCUT2D eigenvalue weighted by Crippen LogP contribution is 2.63. The van der Waals surface area contributed by atoms with Gasteiger partial charge in [-0.25, -0.2) is 0 Å². The van der Waals surface area contributed by atoms with Crippen molar-refractivity contribution in [3.8, 4) is 0 Å². The number of aryl methyl sites for hydroxylation is 1. The molecule has 4 aliphatic carbocycles. The summed E-state index contributed by atoms with van der Waals surface area (Å²) in [5.41, 5.74) is 3.70. The number of allylic oxidation sites excluding steroid dienone is 1. The standard InChI is InChI=1S/C56H88O24/c1-21(20-70-52-45(66)43(64)41(62)35(18-57)76-52)7-12-33-22(2)38-29-10-11-31-28(30(29)16-34(38)75-33)9-8-26-15-27(13-14-56(26,31)6)74-55-51(80-53-46(67)42(63)40(61)24(4)72-53)48(69)50(36(19-58)77-55)79-54-47(68)44(65)49(25(5)73-54)78-37-17-32(59)39(60)23(3)71-37/h8,21,23-25,27-32,35-37,39-55,57-69H,7,9-20H2,1-6H3. The van der Waals surface area contributed by atoms with Gasteiger partial charge in [0.05, 0.1) is 50.3 Å². The first-order chi connectivity index (χ1) is 38.0. The molecule has 5 saturated heterocycles. The Morgan fingerprint density at radius 1 is 0.613 bits per heavy atom. The van der Waals surface area contributed by atoms with Crippen molar-refractivity contribution < 1.29 is 118 Å². The number of fused-ring (bicyclic) bond motifs is 7. The van der Waals surface area contributed by atoms with Crippen molar-refractivity contribution in [3.05, 3.63) is 34.3 Å². The molecule has 13 N–H and O–H groups in total. The molecule has 6 heterocycles. The molecule has 10 rings (SSSR count). The topological polar surface area (TPSA) is 368 Å². The molecule has 1 aromatic heterocycles. The van der Waals surface area contributed by atoms with Crippen molar-refractivity contribution >= 4 is 0 Å². The van der Waals surface area contributed by atoms with Gasteiger partial charge >= 0.3 is 0 Å². The molecule has 24 heteroatoms. The fourth-order valence-corrected chi connectivity index (χ4v) is 14.8. The molecule has 0 amide bonds. The Kier molecular flexibility index (Phi) is 19.0. The zero-order valence-electron chi connectivity index (χ0n) is 46.4. The van der Waals surface area contributed by atoms with Crippen LogP contribution in [0.15, 0.2) is 16.1 Å². The van der Waals surface area contributed by atoms with Crippen LogP contribution in [-0.2, 0) is 60.2 Å². The third-order valence-electron chi connectivity index (χ3n) is 19.7. The van der Waals surface area contributed by atoms with E-state index in [2.05, 4.69) is 19.9 Å². The van der Waals surface area contributed by atoms with Crippen LogP contribution in [-0.4, -0.2) is 240 Å². The number of aliphatic hydroxyl groups is 13. The SMILES string of the molecule is Cc1c(CCC(C)COC2OC(CO)C(O)C(O)C2O)oc2c1C1CCC3C(CC=C4CC(OC5OC(CO)C(OC6OC(C)C(OC7CC(O)C(O)C(C)O7)C(O)C6O)C(O)C5OC5OC(C)C(O)C(O)C5O)CCC43C)C1C2. The molecule has 0 aromatic carbocycles. The van der Waals surface area contributed by atoms with Gasteiger partial charge < -0.3 is 118 Å². The summed E-state index contributed by atoms with van der Waals surface area (Å²) in [4.78, 5) is 0. The third-order valence-corrected chi connectivity index (χ3v) is 19.7. The molecule has 456 valence electrons. The van der Waals surface area contributed by atoms with E-state index in [1.54, 1.807) is 13.8 Å². The first kappa shape index (κ1) is 61.2.